The molecule has 1 N–H and O–H groups in total. The number of aliphatic carboxylic acids is 1. The van der Waals surface area contributed by atoms with Gasteiger partial charge in [0.2, 0.25) is 0 Å². The Kier molecular flexibility index (Phi) is 4.88. The van der Waals surface area contributed by atoms with E-state index in [4.69, 9.17) is 4.74 Å². The lowest BCUT2D eigenvalue weighted by molar-refractivity contribution is -0.142. The fourth-order valence-electron chi connectivity index (χ4n) is 2.67. The minimum absolute atomic E-state index is 0.299. The maximum absolute atomic E-state index is 12.8. The van der Waals surface area contributed by atoms with Crippen molar-refractivity contribution < 1.29 is 19.0 Å². The number of likely N-dealkylation sites (tertiary alicyclic amines) is 1. The summed E-state index contributed by atoms with van der Waals surface area (Å²) in [4.78, 5) is 17.6. The Bertz CT molecular complexity index is 674. The number of halogens is 1. The SMILES string of the molecule is O=C(O)[C@H]1CCCN1Cc1csc(COc2ccc(F)cc2)n1. The number of carboxylic acid groups (broad SMARTS) is 1. The second kappa shape index (κ2) is 7.06. The predicted molar refractivity (Wildman–Crippen MR) is 83.9 cm³/mol. The Morgan fingerprint density at radius 1 is 1.43 bits per heavy atom. The average molecular weight is 336 g/mol. The number of aromatic nitrogens is 1. The maximum Gasteiger partial charge on any atom is 0.320 e. The number of rotatable bonds is 6. The predicted octanol–water partition coefficient (Wildman–Crippen LogP) is 2.91. The molecule has 0 unspecified atom stereocenters. The van der Waals surface area contributed by atoms with E-state index in [0.717, 1.165) is 23.7 Å². The number of carbonyl (C=O) groups is 1. The minimum Gasteiger partial charge on any atom is -0.486 e. The van der Waals surface area contributed by atoms with Gasteiger partial charge in [-0.25, -0.2) is 9.37 Å². The van der Waals surface area contributed by atoms with E-state index in [9.17, 15) is 14.3 Å². The molecule has 1 aromatic carbocycles. The monoisotopic (exact) mass is 336 g/mol. The number of hydrogen-bond acceptors (Lipinski definition) is 5. The van der Waals surface area contributed by atoms with E-state index >= 15 is 0 Å². The molecular formula is C16H17FN2O3S. The topological polar surface area (TPSA) is 62.7 Å². The molecule has 1 aromatic heterocycles. The largest absolute Gasteiger partial charge is 0.486 e. The summed E-state index contributed by atoms with van der Waals surface area (Å²) in [6.45, 7) is 1.65. The van der Waals surface area contributed by atoms with Crippen LogP contribution in [0.15, 0.2) is 29.6 Å². The van der Waals surface area contributed by atoms with Crippen molar-refractivity contribution in [1.29, 1.82) is 0 Å². The van der Waals surface area contributed by atoms with Crippen LogP contribution in [0.25, 0.3) is 0 Å². The number of ether oxygens (including phenoxy) is 1. The standard InChI is InChI=1S/C16H17FN2O3S/c17-11-3-5-13(6-4-11)22-9-15-18-12(10-23-15)8-19-7-1-2-14(19)16(20)21/h3-6,10,14H,1-2,7-9H2,(H,20,21)/t14-/m1/s1. The van der Waals surface area contributed by atoms with Gasteiger partial charge in [-0.2, -0.15) is 0 Å². The van der Waals surface area contributed by atoms with Crippen LogP contribution in [-0.2, 0) is 17.9 Å². The summed E-state index contributed by atoms with van der Waals surface area (Å²) in [6, 6.07) is 5.44. The number of nitrogens with zero attached hydrogens (tertiary/aromatic N) is 2. The van der Waals surface area contributed by atoms with Crippen LogP contribution in [0.3, 0.4) is 0 Å². The van der Waals surface area contributed by atoms with Gasteiger partial charge >= 0.3 is 5.97 Å². The van der Waals surface area contributed by atoms with Crippen LogP contribution in [-0.4, -0.2) is 33.5 Å². The normalized spacial score (nSPS) is 18.2. The fraction of sp³-hybridized carbons (Fsp3) is 0.375. The first-order valence-corrected chi connectivity index (χ1v) is 8.28. The van der Waals surface area contributed by atoms with E-state index in [2.05, 4.69) is 4.98 Å². The zero-order valence-electron chi connectivity index (χ0n) is 12.4. The van der Waals surface area contributed by atoms with Crippen LogP contribution in [0, 0.1) is 5.82 Å². The molecule has 2 aromatic rings. The van der Waals surface area contributed by atoms with E-state index in [1.54, 1.807) is 12.1 Å². The van der Waals surface area contributed by atoms with E-state index in [-0.39, 0.29) is 5.82 Å². The Morgan fingerprint density at radius 3 is 2.96 bits per heavy atom. The minimum atomic E-state index is -0.766. The van der Waals surface area contributed by atoms with Crippen molar-refractivity contribution in [2.24, 2.45) is 0 Å². The van der Waals surface area contributed by atoms with Crippen molar-refractivity contribution in [2.75, 3.05) is 6.54 Å². The third-order valence-corrected chi connectivity index (χ3v) is 4.66. The highest BCUT2D eigenvalue weighted by atomic mass is 32.1. The van der Waals surface area contributed by atoms with Crippen LogP contribution in [0.5, 0.6) is 5.75 Å². The Balaban J connectivity index is 1.55. The fourth-order valence-corrected chi connectivity index (χ4v) is 3.36. The zero-order chi connectivity index (χ0) is 16.2. The van der Waals surface area contributed by atoms with Gasteiger partial charge < -0.3 is 9.84 Å². The molecule has 1 atom stereocenters. The highest BCUT2D eigenvalue weighted by Gasteiger charge is 2.30. The highest BCUT2D eigenvalue weighted by molar-refractivity contribution is 7.09. The summed E-state index contributed by atoms with van der Waals surface area (Å²) in [6.07, 6.45) is 1.60. The van der Waals surface area contributed by atoms with Gasteiger partial charge in [-0.1, -0.05) is 0 Å². The Morgan fingerprint density at radius 2 is 2.22 bits per heavy atom. The van der Waals surface area contributed by atoms with Crippen LogP contribution < -0.4 is 4.74 Å². The van der Waals surface area contributed by atoms with Gasteiger partial charge in [-0.3, -0.25) is 9.69 Å². The number of hydrogen-bond donors (Lipinski definition) is 1. The number of carboxylic acids is 1. The molecule has 1 aliphatic heterocycles. The van der Waals surface area contributed by atoms with Gasteiger partial charge in [-0.05, 0) is 43.7 Å². The van der Waals surface area contributed by atoms with Gasteiger partial charge in [-0.15, -0.1) is 11.3 Å². The first-order chi connectivity index (χ1) is 11.1. The van der Waals surface area contributed by atoms with Gasteiger partial charge in [0.15, 0.2) is 0 Å². The zero-order valence-corrected chi connectivity index (χ0v) is 13.3. The summed E-state index contributed by atoms with van der Waals surface area (Å²) in [7, 11) is 0. The molecule has 0 amide bonds. The van der Waals surface area contributed by atoms with E-state index in [1.807, 2.05) is 10.3 Å². The van der Waals surface area contributed by atoms with E-state index in [1.165, 1.54) is 23.5 Å². The molecule has 1 saturated heterocycles. The molecule has 1 fully saturated rings. The van der Waals surface area contributed by atoms with Gasteiger partial charge in [0.1, 0.15) is 29.2 Å². The molecule has 5 nitrogen and oxygen atoms in total. The first-order valence-electron chi connectivity index (χ1n) is 7.40. The molecule has 0 saturated carbocycles. The van der Waals surface area contributed by atoms with Crippen LogP contribution in [0.2, 0.25) is 0 Å². The molecule has 0 bridgehead atoms. The number of benzene rings is 1. The van der Waals surface area contributed by atoms with Crippen molar-refractivity contribution in [3.63, 3.8) is 0 Å². The highest BCUT2D eigenvalue weighted by Crippen LogP contribution is 2.22. The van der Waals surface area contributed by atoms with Crippen molar-refractivity contribution in [1.82, 2.24) is 9.88 Å². The van der Waals surface area contributed by atoms with Crippen molar-refractivity contribution in [3.8, 4) is 5.75 Å². The van der Waals surface area contributed by atoms with Crippen molar-refractivity contribution in [2.45, 2.75) is 32.0 Å². The first kappa shape index (κ1) is 15.9. The summed E-state index contributed by atoms with van der Waals surface area (Å²) in [5.41, 5.74) is 0.862. The maximum atomic E-state index is 12.8. The lowest BCUT2D eigenvalue weighted by Gasteiger charge is -2.19. The van der Waals surface area contributed by atoms with Crippen molar-refractivity contribution in [3.05, 3.63) is 46.2 Å². The second-order valence-corrected chi connectivity index (χ2v) is 6.38. The summed E-state index contributed by atoms with van der Waals surface area (Å²) in [5.74, 6) is -0.473. The molecule has 0 spiro atoms. The quantitative estimate of drug-likeness (QED) is 0.879. The van der Waals surface area contributed by atoms with Crippen molar-refractivity contribution >= 4 is 17.3 Å². The van der Waals surface area contributed by atoms with Crippen LogP contribution in [0.4, 0.5) is 4.39 Å². The third-order valence-electron chi connectivity index (χ3n) is 3.79. The molecule has 122 valence electrons. The summed E-state index contributed by atoms with van der Waals surface area (Å²) < 4.78 is 18.4. The van der Waals surface area contributed by atoms with Crippen LogP contribution in [0.1, 0.15) is 23.5 Å². The van der Waals surface area contributed by atoms with E-state index < -0.39 is 12.0 Å². The Hall–Kier alpha value is -1.99. The average Bonchev–Trinajstić information content (AvgIpc) is 3.16. The molecule has 3 rings (SSSR count). The number of thiazole rings is 1. The molecule has 7 heteroatoms. The van der Waals surface area contributed by atoms with Crippen LogP contribution >= 0.6 is 11.3 Å². The van der Waals surface area contributed by atoms with Gasteiger partial charge in [0, 0.05) is 11.9 Å². The molecule has 2 heterocycles. The molecule has 0 aliphatic carbocycles. The second-order valence-electron chi connectivity index (χ2n) is 5.44. The molecule has 23 heavy (non-hydrogen) atoms. The lowest BCUT2D eigenvalue weighted by atomic mass is 10.2. The summed E-state index contributed by atoms with van der Waals surface area (Å²) in [5, 5.41) is 11.9. The Labute approximate surface area is 137 Å². The van der Waals surface area contributed by atoms with E-state index in [0.29, 0.717) is 25.3 Å². The summed E-state index contributed by atoms with van der Waals surface area (Å²) >= 11 is 1.48. The van der Waals surface area contributed by atoms with Gasteiger partial charge in [0.25, 0.3) is 0 Å². The smallest absolute Gasteiger partial charge is 0.320 e. The molecular weight excluding hydrogens is 319 g/mol. The molecule has 0 radical (unpaired) electrons. The molecule has 1 aliphatic rings. The van der Waals surface area contributed by atoms with Gasteiger partial charge in [0.05, 0.1) is 5.69 Å². The lowest BCUT2D eigenvalue weighted by Crippen LogP contribution is -2.35. The third kappa shape index (κ3) is 4.05.